The van der Waals surface area contributed by atoms with E-state index in [1.54, 1.807) is 44.6 Å². The van der Waals surface area contributed by atoms with E-state index in [1.165, 1.54) is 32.3 Å². The molecule has 3 aliphatic heterocycles. The van der Waals surface area contributed by atoms with Crippen LogP contribution in [0.15, 0.2) is 72.8 Å². The summed E-state index contributed by atoms with van der Waals surface area (Å²) in [6.45, 7) is 2.65. The van der Waals surface area contributed by atoms with Crippen LogP contribution in [0.3, 0.4) is 0 Å². The molecule has 4 aromatic carbocycles. The predicted octanol–water partition coefficient (Wildman–Crippen LogP) is 6.55. The number of nitrogens with one attached hydrogen (secondary N) is 2. The van der Waals surface area contributed by atoms with Crippen LogP contribution in [-0.2, 0) is 36.8 Å². The number of amides is 6. The summed E-state index contributed by atoms with van der Waals surface area (Å²) in [5.41, 5.74) is 2.66. The molecule has 2 saturated heterocycles. The molecule has 5 atom stereocenters. The van der Waals surface area contributed by atoms with Crippen LogP contribution in [0, 0.1) is 11.8 Å². The highest BCUT2D eigenvalue weighted by Gasteiger charge is 2.47. The molecular weight excluding hydrogens is 981 g/mol. The third-order valence-electron chi connectivity index (χ3n) is 14.4. The molecule has 3 aliphatic rings. The van der Waals surface area contributed by atoms with Crippen molar-refractivity contribution in [1.29, 1.82) is 0 Å². The Labute approximate surface area is 442 Å². The smallest absolute Gasteiger partial charge is 0.326 e. The number of benzene rings is 4. The number of nitrogens with zero attached hydrogens (tertiary/aromatic N) is 2. The number of carboxylic acid groups (broad SMARTS) is 1. The van der Waals surface area contributed by atoms with E-state index in [0.717, 1.165) is 28.9 Å². The number of rotatable bonds is 26. The maximum Gasteiger partial charge on any atom is 0.326 e. The molecule has 6 amide bonds. The fourth-order valence-corrected chi connectivity index (χ4v) is 10.7. The van der Waals surface area contributed by atoms with Gasteiger partial charge in [-0.1, -0.05) is 44.0 Å². The highest BCUT2D eigenvalue weighted by molar-refractivity contribution is 6.24. The molecule has 19 nitrogen and oxygen atoms in total. The largest absolute Gasteiger partial charge is 0.493 e. The molecule has 2 fully saturated rings. The summed E-state index contributed by atoms with van der Waals surface area (Å²) < 4.78 is 39.8. The van der Waals surface area contributed by atoms with Crippen molar-refractivity contribution in [1.82, 2.24) is 20.4 Å². The zero-order chi connectivity index (χ0) is 54.5. The zero-order valence-corrected chi connectivity index (χ0v) is 44.0. The SMILES string of the molecule is CC[C@H](C(=O)N1CCCC(C(Cc2cccc(OCC(=O)NCCCCCCOc3cccc4c3C(=O)N(C3CCC(=O)NC3=O)C4=O)c2)Cc2ccc(OC)c(OC)c2)[C@H]1C(=O)O)c1cc(OC)c(OC)c(OC)c1. The monoisotopic (exact) mass is 1050 g/mol. The van der Waals surface area contributed by atoms with E-state index in [0.29, 0.717) is 91.6 Å². The molecule has 3 heterocycles. The number of unbranched alkanes of at least 4 members (excludes halogenated alkanes) is 3. The number of methoxy groups -OCH3 is 5. The fourth-order valence-electron chi connectivity index (χ4n) is 10.7. The van der Waals surface area contributed by atoms with Gasteiger partial charge in [0.15, 0.2) is 29.6 Å². The Morgan fingerprint density at radius 1 is 0.737 bits per heavy atom. The molecule has 19 heteroatoms. The van der Waals surface area contributed by atoms with Gasteiger partial charge < -0.3 is 48.5 Å². The van der Waals surface area contributed by atoms with Gasteiger partial charge in [-0.3, -0.25) is 39.0 Å². The lowest BCUT2D eigenvalue weighted by Crippen LogP contribution is -2.56. The normalized spacial score (nSPS) is 18.0. The minimum absolute atomic E-state index is 0.0292. The first-order chi connectivity index (χ1) is 36.7. The van der Waals surface area contributed by atoms with E-state index < -0.39 is 53.5 Å². The summed E-state index contributed by atoms with van der Waals surface area (Å²) in [7, 11) is 7.63. The van der Waals surface area contributed by atoms with Crippen LogP contribution in [0.2, 0.25) is 0 Å². The van der Waals surface area contributed by atoms with Gasteiger partial charge in [0.1, 0.15) is 23.6 Å². The van der Waals surface area contributed by atoms with Crippen LogP contribution in [0.1, 0.15) is 108 Å². The van der Waals surface area contributed by atoms with Gasteiger partial charge in [-0.25, -0.2) is 4.79 Å². The summed E-state index contributed by atoms with van der Waals surface area (Å²) in [5.74, 6) is -2.43. The van der Waals surface area contributed by atoms with Crippen molar-refractivity contribution in [3.63, 3.8) is 0 Å². The van der Waals surface area contributed by atoms with Crippen LogP contribution in [-0.4, -0.2) is 130 Å². The Morgan fingerprint density at radius 2 is 1.43 bits per heavy atom. The first kappa shape index (κ1) is 55.9. The second-order valence-corrected chi connectivity index (χ2v) is 19.1. The second-order valence-electron chi connectivity index (χ2n) is 19.1. The lowest BCUT2D eigenvalue weighted by atomic mass is 9.73. The molecule has 406 valence electrons. The van der Waals surface area contributed by atoms with Gasteiger partial charge in [-0.05, 0) is 128 Å². The third-order valence-corrected chi connectivity index (χ3v) is 14.4. The average Bonchev–Trinajstić information content (AvgIpc) is 3.74. The highest BCUT2D eigenvalue weighted by Crippen LogP contribution is 2.43. The fraction of sp³-hybridized carbons (Fsp3) is 0.456. The number of fused-ring (bicyclic) bond motifs is 1. The number of ether oxygens (including phenoxy) is 7. The number of hydrogen-bond donors (Lipinski definition) is 3. The Bertz CT molecular complexity index is 2760. The van der Waals surface area contributed by atoms with Crippen molar-refractivity contribution in [2.45, 2.75) is 95.6 Å². The Balaban J connectivity index is 0.945. The van der Waals surface area contributed by atoms with Crippen molar-refractivity contribution in [3.8, 4) is 40.2 Å². The van der Waals surface area contributed by atoms with Gasteiger partial charge in [0.25, 0.3) is 17.7 Å². The lowest BCUT2D eigenvalue weighted by Gasteiger charge is -2.43. The third kappa shape index (κ3) is 12.8. The van der Waals surface area contributed by atoms with Crippen molar-refractivity contribution >= 4 is 41.4 Å². The minimum Gasteiger partial charge on any atom is -0.493 e. The average molecular weight is 1050 g/mol. The number of carbonyl (C=O) groups is 7. The molecule has 3 unspecified atom stereocenters. The van der Waals surface area contributed by atoms with Gasteiger partial charge >= 0.3 is 5.97 Å². The summed E-state index contributed by atoms with van der Waals surface area (Å²) in [6.07, 6.45) is 5.46. The van der Waals surface area contributed by atoms with E-state index >= 15 is 0 Å². The summed E-state index contributed by atoms with van der Waals surface area (Å²) in [5, 5.41) is 16.2. The van der Waals surface area contributed by atoms with E-state index in [9.17, 15) is 38.7 Å². The van der Waals surface area contributed by atoms with Crippen molar-refractivity contribution in [2.75, 3.05) is 61.9 Å². The molecule has 4 aromatic rings. The number of aliphatic carboxylic acids is 1. The first-order valence-electron chi connectivity index (χ1n) is 25.7. The number of carbonyl (C=O) groups excluding carboxylic acids is 6. The van der Waals surface area contributed by atoms with Crippen molar-refractivity contribution in [3.05, 3.63) is 101 Å². The van der Waals surface area contributed by atoms with E-state index in [2.05, 4.69) is 10.6 Å². The van der Waals surface area contributed by atoms with Crippen LogP contribution >= 0.6 is 0 Å². The minimum atomic E-state index is -1.13. The Morgan fingerprint density at radius 3 is 2.11 bits per heavy atom. The van der Waals surface area contributed by atoms with Crippen LogP contribution in [0.4, 0.5) is 0 Å². The quantitative estimate of drug-likeness (QED) is 0.0447. The van der Waals surface area contributed by atoms with Crippen LogP contribution in [0.5, 0.6) is 40.2 Å². The first-order valence-corrected chi connectivity index (χ1v) is 25.7. The van der Waals surface area contributed by atoms with E-state index in [4.69, 9.17) is 33.2 Å². The van der Waals surface area contributed by atoms with Gasteiger partial charge in [0.05, 0.1) is 59.2 Å². The molecule has 7 rings (SSSR count). The second kappa shape index (κ2) is 26.1. The molecule has 3 N–H and O–H groups in total. The standard InChI is InChI=1S/C57H68N4O15/c1-7-39(37-31-46(72-4)52(74-6)47(32-37)73-5)54(65)60-25-14-18-40(51(60)57(68)69)36(28-35-20-22-43(70-2)45(30-35)71-3)27-34-15-12-16-38(29-34)76-33-49(63)58-24-10-8-9-11-26-75-44-19-13-17-41-50(44)56(67)61(55(41)66)42-21-23-48(62)59-53(42)64/h12-13,15-17,19-20,22,29-32,36,39-40,42,51H,7-11,14,18,21,23-28,33H2,1-6H3,(H,58,63)(H,68,69)(H,59,62,64)/t36?,39-,40?,42?,51-/m0/s1. The summed E-state index contributed by atoms with van der Waals surface area (Å²) in [6, 6.07) is 19.1. The molecule has 0 bridgehead atoms. The molecule has 0 radical (unpaired) electrons. The van der Waals surface area contributed by atoms with Gasteiger partial charge in [0.2, 0.25) is 23.5 Å². The highest BCUT2D eigenvalue weighted by atomic mass is 16.5. The molecule has 76 heavy (non-hydrogen) atoms. The van der Waals surface area contributed by atoms with Gasteiger partial charge in [-0.2, -0.15) is 0 Å². The number of piperidine rings is 2. The zero-order valence-electron chi connectivity index (χ0n) is 44.0. The molecule has 0 saturated carbocycles. The van der Waals surface area contributed by atoms with Crippen LogP contribution < -0.4 is 43.8 Å². The molecular formula is C57H68N4O15. The molecule has 0 aromatic heterocycles. The Kier molecular flexibility index (Phi) is 19.2. The lowest BCUT2D eigenvalue weighted by molar-refractivity contribution is -0.157. The maximum atomic E-state index is 14.7. The molecule has 0 spiro atoms. The maximum absolute atomic E-state index is 14.7. The molecule has 0 aliphatic carbocycles. The number of hydrogen-bond acceptors (Lipinski definition) is 14. The van der Waals surface area contributed by atoms with E-state index in [-0.39, 0.29) is 67.2 Å². The topological polar surface area (TPSA) is 235 Å². The number of likely N-dealkylation sites (tertiary alicyclic amines) is 1. The van der Waals surface area contributed by atoms with E-state index in [1.807, 2.05) is 43.3 Å². The summed E-state index contributed by atoms with van der Waals surface area (Å²) in [4.78, 5) is 94.3. The number of imide groups is 2. The van der Waals surface area contributed by atoms with Crippen molar-refractivity contribution < 1.29 is 71.8 Å². The van der Waals surface area contributed by atoms with Gasteiger partial charge in [-0.15, -0.1) is 0 Å². The van der Waals surface area contributed by atoms with Crippen LogP contribution in [0.25, 0.3) is 0 Å². The predicted molar refractivity (Wildman–Crippen MR) is 277 cm³/mol. The van der Waals surface area contributed by atoms with Crippen molar-refractivity contribution in [2.24, 2.45) is 11.8 Å². The Hall–Kier alpha value is -7.83. The summed E-state index contributed by atoms with van der Waals surface area (Å²) >= 11 is 0. The van der Waals surface area contributed by atoms with Gasteiger partial charge in [0, 0.05) is 19.5 Å². The number of carboxylic acids is 1.